The second-order valence-corrected chi connectivity index (χ2v) is 7.08. The molecule has 1 aliphatic heterocycles. The second-order valence-electron chi connectivity index (χ2n) is 7.08. The van der Waals surface area contributed by atoms with Crippen molar-refractivity contribution in [3.05, 3.63) is 69.5 Å². The number of anilines is 1. The standard InChI is InChI=1S/C21H20FN3O6/c1-13(20(27)23-16-7-8-17(22)18(11-16)25(29)30)31-21(28)15-5-2-4-14(10-15)12-24-9-3-6-19(24)26/h2,4-5,7-8,10-11,13H,3,6,9,12H2,1H3,(H,23,27). The fourth-order valence-electron chi connectivity index (χ4n) is 3.14. The molecule has 162 valence electrons. The second kappa shape index (κ2) is 9.33. The van der Waals surface area contributed by atoms with E-state index in [2.05, 4.69) is 5.32 Å². The molecule has 0 aliphatic carbocycles. The zero-order chi connectivity index (χ0) is 22.5. The number of likely N-dealkylation sites (tertiary alicyclic amines) is 1. The van der Waals surface area contributed by atoms with Crippen LogP contribution in [0.4, 0.5) is 15.8 Å². The number of nitrogens with zero attached hydrogens (tertiary/aromatic N) is 2. The van der Waals surface area contributed by atoms with Crippen LogP contribution in [0.25, 0.3) is 0 Å². The summed E-state index contributed by atoms with van der Waals surface area (Å²) < 4.78 is 18.6. The maximum atomic E-state index is 13.4. The van der Waals surface area contributed by atoms with E-state index >= 15 is 0 Å². The Balaban J connectivity index is 1.61. The van der Waals surface area contributed by atoms with Crippen LogP contribution in [0.2, 0.25) is 0 Å². The van der Waals surface area contributed by atoms with Gasteiger partial charge in [0.05, 0.1) is 10.5 Å². The first-order valence-electron chi connectivity index (χ1n) is 9.57. The normalized spacial score (nSPS) is 14.3. The van der Waals surface area contributed by atoms with Gasteiger partial charge in [0.2, 0.25) is 11.7 Å². The predicted octanol–water partition coefficient (Wildman–Crippen LogP) is 3.04. The molecular weight excluding hydrogens is 409 g/mol. The van der Waals surface area contributed by atoms with E-state index in [1.54, 1.807) is 23.1 Å². The van der Waals surface area contributed by atoms with Gasteiger partial charge in [-0.2, -0.15) is 4.39 Å². The molecule has 9 nitrogen and oxygen atoms in total. The number of nitro benzene ring substituents is 1. The monoisotopic (exact) mass is 429 g/mol. The van der Waals surface area contributed by atoms with Gasteiger partial charge in [-0.1, -0.05) is 12.1 Å². The summed E-state index contributed by atoms with van der Waals surface area (Å²) in [6.45, 7) is 2.41. The predicted molar refractivity (Wildman–Crippen MR) is 108 cm³/mol. The summed E-state index contributed by atoms with van der Waals surface area (Å²) in [5.74, 6) is -2.42. The molecule has 2 aromatic carbocycles. The number of hydrogen-bond acceptors (Lipinski definition) is 6. The van der Waals surface area contributed by atoms with Crippen LogP contribution >= 0.6 is 0 Å². The lowest BCUT2D eigenvalue weighted by Gasteiger charge is -2.16. The van der Waals surface area contributed by atoms with Gasteiger partial charge in [-0.05, 0) is 43.2 Å². The van der Waals surface area contributed by atoms with Crippen LogP contribution in [-0.2, 0) is 20.9 Å². The van der Waals surface area contributed by atoms with Crippen LogP contribution in [0, 0.1) is 15.9 Å². The van der Waals surface area contributed by atoms with E-state index in [4.69, 9.17) is 4.74 Å². The number of carbonyl (C=O) groups is 3. The van der Waals surface area contributed by atoms with Gasteiger partial charge >= 0.3 is 11.7 Å². The van der Waals surface area contributed by atoms with Crippen LogP contribution in [0.1, 0.15) is 35.7 Å². The number of ether oxygens (including phenoxy) is 1. The topological polar surface area (TPSA) is 119 Å². The number of rotatable bonds is 7. The zero-order valence-electron chi connectivity index (χ0n) is 16.7. The van der Waals surface area contributed by atoms with E-state index in [1.165, 1.54) is 13.0 Å². The Labute approximate surface area is 176 Å². The summed E-state index contributed by atoms with van der Waals surface area (Å²) in [6, 6.07) is 9.49. The van der Waals surface area contributed by atoms with Crippen molar-refractivity contribution < 1.29 is 28.4 Å². The average Bonchev–Trinajstić information content (AvgIpc) is 3.13. The Morgan fingerprint density at radius 1 is 1.29 bits per heavy atom. The highest BCUT2D eigenvalue weighted by molar-refractivity contribution is 5.97. The van der Waals surface area contributed by atoms with Gasteiger partial charge in [0.15, 0.2) is 6.10 Å². The Kier molecular flexibility index (Phi) is 6.58. The highest BCUT2D eigenvalue weighted by Crippen LogP contribution is 2.22. The summed E-state index contributed by atoms with van der Waals surface area (Å²) >= 11 is 0. The van der Waals surface area contributed by atoms with E-state index < -0.39 is 34.4 Å². The number of benzene rings is 2. The van der Waals surface area contributed by atoms with E-state index in [0.717, 1.165) is 30.2 Å². The molecule has 0 bridgehead atoms. The van der Waals surface area contributed by atoms with Gasteiger partial charge in [-0.15, -0.1) is 0 Å². The number of nitrogens with one attached hydrogen (secondary N) is 1. The molecule has 2 amide bonds. The number of halogens is 1. The fraction of sp³-hybridized carbons (Fsp3) is 0.286. The molecule has 1 atom stereocenters. The Bertz CT molecular complexity index is 1040. The quantitative estimate of drug-likeness (QED) is 0.411. The van der Waals surface area contributed by atoms with Gasteiger partial charge in [0.1, 0.15) is 0 Å². The molecule has 1 fully saturated rings. The van der Waals surface area contributed by atoms with E-state index in [9.17, 15) is 28.9 Å². The van der Waals surface area contributed by atoms with Crippen LogP contribution in [-0.4, -0.2) is 40.3 Å². The van der Waals surface area contributed by atoms with Crippen LogP contribution in [0.15, 0.2) is 42.5 Å². The molecule has 1 saturated heterocycles. The molecule has 2 aromatic rings. The third-order valence-corrected chi connectivity index (χ3v) is 4.77. The maximum Gasteiger partial charge on any atom is 0.338 e. The molecule has 0 spiro atoms. The first-order chi connectivity index (χ1) is 14.7. The van der Waals surface area contributed by atoms with Crippen LogP contribution in [0.5, 0.6) is 0 Å². The number of amides is 2. The molecule has 1 aliphatic rings. The Morgan fingerprint density at radius 3 is 2.74 bits per heavy atom. The minimum atomic E-state index is -1.21. The number of carbonyl (C=O) groups excluding carboxylic acids is 3. The summed E-state index contributed by atoms with van der Waals surface area (Å²) in [6.07, 6.45) is 0.121. The summed E-state index contributed by atoms with van der Waals surface area (Å²) in [5.41, 5.74) is 0.204. The van der Waals surface area contributed by atoms with Crippen molar-refractivity contribution in [2.45, 2.75) is 32.4 Å². The van der Waals surface area contributed by atoms with Gasteiger partial charge in [-0.3, -0.25) is 19.7 Å². The lowest BCUT2D eigenvalue weighted by atomic mass is 10.1. The molecule has 0 radical (unpaired) electrons. The van der Waals surface area contributed by atoms with Gasteiger partial charge in [-0.25, -0.2) is 4.79 Å². The summed E-state index contributed by atoms with van der Waals surface area (Å²) in [4.78, 5) is 48.1. The van der Waals surface area contributed by atoms with Gasteiger partial charge in [0.25, 0.3) is 5.91 Å². The Morgan fingerprint density at radius 2 is 2.06 bits per heavy atom. The molecule has 31 heavy (non-hydrogen) atoms. The van der Waals surface area contributed by atoms with Crippen molar-refractivity contribution >= 4 is 29.2 Å². The lowest BCUT2D eigenvalue weighted by molar-refractivity contribution is -0.387. The first-order valence-corrected chi connectivity index (χ1v) is 9.57. The van der Waals surface area contributed by atoms with Crippen molar-refractivity contribution in [2.24, 2.45) is 0 Å². The molecule has 1 unspecified atom stereocenters. The lowest BCUT2D eigenvalue weighted by Crippen LogP contribution is -2.30. The van der Waals surface area contributed by atoms with Gasteiger partial charge < -0.3 is 15.0 Å². The number of esters is 1. The van der Waals surface area contributed by atoms with Crippen molar-refractivity contribution in [1.82, 2.24) is 4.90 Å². The first kappa shape index (κ1) is 21.9. The highest BCUT2D eigenvalue weighted by Gasteiger charge is 2.23. The van der Waals surface area contributed by atoms with Crippen LogP contribution in [0.3, 0.4) is 0 Å². The van der Waals surface area contributed by atoms with E-state index in [-0.39, 0.29) is 17.2 Å². The zero-order valence-corrected chi connectivity index (χ0v) is 16.7. The molecule has 3 rings (SSSR count). The average molecular weight is 429 g/mol. The SMILES string of the molecule is CC(OC(=O)c1cccc(CN2CCCC2=O)c1)C(=O)Nc1ccc(F)c([N+](=O)[O-])c1. The van der Waals surface area contributed by atoms with Crippen molar-refractivity contribution in [2.75, 3.05) is 11.9 Å². The summed E-state index contributed by atoms with van der Waals surface area (Å²) in [5, 5.41) is 13.2. The molecular formula is C21H20FN3O6. The molecule has 1 heterocycles. The smallest absolute Gasteiger partial charge is 0.338 e. The third kappa shape index (κ3) is 5.41. The largest absolute Gasteiger partial charge is 0.449 e. The van der Waals surface area contributed by atoms with Crippen molar-refractivity contribution in [1.29, 1.82) is 0 Å². The molecule has 0 saturated carbocycles. The van der Waals surface area contributed by atoms with Crippen molar-refractivity contribution in [3.8, 4) is 0 Å². The van der Waals surface area contributed by atoms with E-state index in [0.29, 0.717) is 19.5 Å². The molecule has 10 heteroatoms. The molecule has 1 N–H and O–H groups in total. The minimum Gasteiger partial charge on any atom is -0.449 e. The summed E-state index contributed by atoms with van der Waals surface area (Å²) in [7, 11) is 0. The van der Waals surface area contributed by atoms with Gasteiger partial charge in [0, 0.05) is 31.3 Å². The third-order valence-electron chi connectivity index (χ3n) is 4.77. The van der Waals surface area contributed by atoms with Crippen LogP contribution < -0.4 is 5.32 Å². The minimum absolute atomic E-state index is 0.00160. The fourth-order valence-corrected chi connectivity index (χ4v) is 3.14. The van der Waals surface area contributed by atoms with E-state index in [1.807, 2.05) is 0 Å². The number of nitro groups is 1. The molecule has 0 aromatic heterocycles. The number of hydrogen-bond donors (Lipinski definition) is 1. The maximum absolute atomic E-state index is 13.4. The Hall–Kier alpha value is -3.82. The highest BCUT2D eigenvalue weighted by atomic mass is 19.1. The van der Waals surface area contributed by atoms with Crippen molar-refractivity contribution in [3.63, 3.8) is 0 Å².